The number of ether oxygens (including phenoxy) is 2. The molecule has 0 bridgehead atoms. The van der Waals surface area contributed by atoms with E-state index in [0.29, 0.717) is 51.3 Å². The van der Waals surface area contributed by atoms with Crippen molar-refractivity contribution in [3.8, 4) is 5.75 Å². The minimum Gasteiger partial charge on any atom is -0.497 e. The van der Waals surface area contributed by atoms with Gasteiger partial charge in [-0.2, -0.15) is 0 Å². The Hall–Kier alpha value is -3.72. The smallest absolute Gasteiger partial charge is 0.274 e. The zero-order valence-corrected chi connectivity index (χ0v) is 19.7. The number of piperidine rings is 1. The highest BCUT2D eigenvalue weighted by Gasteiger charge is 2.32. The molecule has 5 rings (SSSR count). The normalized spacial score (nSPS) is 18.1. The third-order valence-corrected chi connectivity index (χ3v) is 6.74. The molecule has 35 heavy (non-hydrogen) atoms. The zero-order chi connectivity index (χ0) is 24.2. The molecule has 2 amide bonds. The maximum Gasteiger partial charge on any atom is 0.274 e. The summed E-state index contributed by atoms with van der Waals surface area (Å²) in [4.78, 5) is 36.2. The molecule has 0 radical (unpaired) electrons. The van der Waals surface area contributed by atoms with Crippen molar-refractivity contribution in [2.24, 2.45) is 5.92 Å². The molecule has 9 heteroatoms. The maximum absolute atomic E-state index is 13.2. The van der Waals surface area contributed by atoms with Crippen LogP contribution in [0, 0.1) is 5.92 Å². The fourth-order valence-corrected chi connectivity index (χ4v) is 4.65. The summed E-state index contributed by atoms with van der Waals surface area (Å²) in [5.41, 5.74) is 3.13. The van der Waals surface area contributed by atoms with Gasteiger partial charge in [0.2, 0.25) is 5.91 Å². The van der Waals surface area contributed by atoms with Crippen molar-refractivity contribution in [2.45, 2.75) is 38.6 Å². The summed E-state index contributed by atoms with van der Waals surface area (Å²) >= 11 is 0. The lowest BCUT2D eigenvalue weighted by Gasteiger charge is -2.31. The number of nitrogens with zero attached hydrogens (tertiary/aromatic N) is 4. The highest BCUT2D eigenvalue weighted by molar-refractivity contribution is 5.93. The molecule has 2 aliphatic heterocycles. The highest BCUT2D eigenvalue weighted by Crippen LogP contribution is 2.30. The summed E-state index contributed by atoms with van der Waals surface area (Å²) in [6.45, 7) is 2.39. The zero-order valence-electron chi connectivity index (χ0n) is 19.7. The Kier molecular flexibility index (Phi) is 6.76. The number of hydrogen-bond donors (Lipinski definition) is 1. The summed E-state index contributed by atoms with van der Waals surface area (Å²) in [6, 6.07) is 13.5. The average Bonchev–Trinajstić information content (AvgIpc) is 3.35. The molecular formula is C26H29N5O4. The van der Waals surface area contributed by atoms with Crippen LogP contribution in [0.2, 0.25) is 0 Å². The molecule has 1 unspecified atom stereocenters. The number of imidazole rings is 1. The summed E-state index contributed by atoms with van der Waals surface area (Å²) in [5.74, 6) is 0.611. The van der Waals surface area contributed by atoms with Gasteiger partial charge in [-0.3, -0.25) is 14.6 Å². The van der Waals surface area contributed by atoms with Crippen LogP contribution in [0.1, 0.15) is 46.4 Å². The monoisotopic (exact) mass is 475 g/mol. The van der Waals surface area contributed by atoms with E-state index < -0.39 is 0 Å². The Bertz CT molecular complexity index is 1170. The van der Waals surface area contributed by atoms with E-state index in [-0.39, 0.29) is 23.8 Å². The van der Waals surface area contributed by atoms with Crippen molar-refractivity contribution in [3.63, 3.8) is 0 Å². The quantitative estimate of drug-likeness (QED) is 0.589. The fourth-order valence-electron chi connectivity index (χ4n) is 4.65. The number of amides is 2. The number of carbonyl (C=O) groups excluding carboxylic acids is 2. The molecule has 9 nitrogen and oxygen atoms in total. The van der Waals surface area contributed by atoms with E-state index in [2.05, 4.69) is 15.3 Å². The molecule has 1 fully saturated rings. The minimum absolute atomic E-state index is 0.0140. The first-order valence-electron chi connectivity index (χ1n) is 11.9. The summed E-state index contributed by atoms with van der Waals surface area (Å²) in [5, 5.41) is 2.96. The molecule has 0 spiro atoms. The van der Waals surface area contributed by atoms with Crippen LogP contribution in [-0.4, -0.2) is 51.4 Å². The number of rotatable bonds is 6. The summed E-state index contributed by atoms with van der Waals surface area (Å²) in [6.07, 6.45) is 4.59. The Morgan fingerprint density at radius 2 is 1.91 bits per heavy atom. The lowest BCUT2D eigenvalue weighted by Crippen LogP contribution is -2.43. The van der Waals surface area contributed by atoms with E-state index in [1.807, 2.05) is 47.0 Å². The second-order valence-electron chi connectivity index (χ2n) is 8.87. The minimum atomic E-state index is -0.106. The summed E-state index contributed by atoms with van der Waals surface area (Å²) < 4.78 is 13.3. The van der Waals surface area contributed by atoms with Crippen LogP contribution >= 0.6 is 0 Å². The second-order valence-corrected chi connectivity index (χ2v) is 8.87. The van der Waals surface area contributed by atoms with Gasteiger partial charge in [0.05, 0.1) is 44.5 Å². The molecule has 3 aromatic rings. The molecule has 1 N–H and O–H groups in total. The number of likely N-dealkylation sites (tertiary alicyclic amines) is 1. The first kappa shape index (κ1) is 23.0. The van der Waals surface area contributed by atoms with Gasteiger partial charge in [0.15, 0.2) is 5.69 Å². The predicted molar refractivity (Wildman–Crippen MR) is 127 cm³/mol. The molecule has 1 aromatic carbocycles. The lowest BCUT2D eigenvalue weighted by atomic mass is 9.95. The van der Waals surface area contributed by atoms with Gasteiger partial charge >= 0.3 is 0 Å². The predicted octanol–water partition coefficient (Wildman–Crippen LogP) is 2.73. The molecular weight excluding hydrogens is 446 g/mol. The van der Waals surface area contributed by atoms with Gasteiger partial charge in [0.1, 0.15) is 11.9 Å². The van der Waals surface area contributed by atoms with Gasteiger partial charge in [-0.15, -0.1) is 0 Å². The number of carbonyl (C=O) groups is 2. The van der Waals surface area contributed by atoms with Crippen LogP contribution in [0.25, 0.3) is 0 Å². The fraction of sp³-hybridized carbons (Fsp3) is 0.385. The Morgan fingerprint density at radius 3 is 2.63 bits per heavy atom. The van der Waals surface area contributed by atoms with Gasteiger partial charge in [0, 0.05) is 25.2 Å². The van der Waals surface area contributed by atoms with Crippen LogP contribution in [-0.2, 0) is 29.2 Å². The molecule has 182 valence electrons. The highest BCUT2D eigenvalue weighted by atomic mass is 16.5. The van der Waals surface area contributed by atoms with E-state index in [1.54, 1.807) is 24.5 Å². The van der Waals surface area contributed by atoms with Crippen molar-refractivity contribution in [1.29, 1.82) is 0 Å². The van der Waals surface area contributed by atoms with Crippen molar-refractivity contribution >= 4 is 11.8 Å². The number of hydrogen-bond acceptors (Lipinski definition) is 6. The van der Waals surface area contributed by atoms with Crippen molar-refractivity contribution in [1.82, 2.24) is 24.8 Å². The molecule has 1 atom stereocenters. The first-order valence-corrected chi connectivity index (χ1v) is 11.9. The van der Waals surface area contributed by atoms with E-state index in [9.17, 15) is 9.59 Å². The third kappa shape index (κ3) is 5.05. The molecule has 0 saturated carbocycles. The third-order valence-electron chi connectivity index (χ3n) is 6.74. The molecule has 4 heterocycles. The van der Waals surface area contributed by atoms with Crippen LogP contribution in [0.15, 0.2) is 55.0 Å². The van der Waals surface area contributed by atoms with Gasteiger partial charge in [-0.1, -0.05) is 18.2 Å². The van der Waals surface area contributed by atoms with Crippen molar-refractivity contribution in [2.75, 3.05) is 20.2 Å². The van der Waals surface area contributed by atoms with Gasteiger partial charge in [0.25, 0.3) is 5.91 Å². The maximum atomic E-state index is 13.2. The van der Waals surface area contributed by atoms with E-state index in [4.69, 9.17) is 9.47 Å². The van der Waals surface area contributed by atoms with Crippen LogP contribution in [0.4, 0.5) is 0 Å². The SMILES string of the molecule is COc1ccc(C2Cn3cnc(C(=O)N4CCC(C(=O)NCc5ccccn5)CC4)c3CO2)cc1. The number of nitrogens with one attached hydrogen (secondary N) is 1. The molecule has 0 aliphatic carbocycles. The topological polar surface area (TPSA) is 98.6 Å². The van der Waals surface area contributed by atoms with E-state index in [1.165, 1.54) is 0 Å². The van der Waals surface area contributed by atoms with Gasteiger partial charge < -0.3 is 24.3 Å². The summed E-state index contributed by atoms with van der Waals surface area (Å²) in [7, 11) is 1.64. The van der Waals surface area contributed by atoms with E-state index in [0.717, 1.165) is 22.7 Å². The molecule has 2 aliphatic rings. The first-order chi connectivity index (χ1) is 17.1. The van der Waals surface area contributed by atoms with E-state index >= 15 is 0 Å². The average molecular weight is 476 g/mol. The molecule has 2 aromatic heterocycles. The Labute approximate surface area is 204 Å². The standard InChI is InChI=1S/C26H29N5O4/c1-34-21-7-5-18(6-8-21)23-15-31-17-29-24(22(31)16-35-23)26(33)30-12-9-19(10-13-30)25(32)28-14-20-4-2-3-11-27-20/h2-8,11,17,19,23H,9-10,12-16H2,1H3,(H,28,32). The van der Waals surface area contributed by atoms with Gasteiger partial charge in [-0.05, 0) is 42.7 Å². The van der Waals surface area contributed by atoms with Crippen LogP contribution in [0.3, 0.4) is 0 Å². The van der Waals surface area contributed by atoms with Crippen LogP contribution < -0.4 is 10.1 Å². The number of fused-ring (bicyclic) bond motifs is 1. The van der Waals surface area contributed by atoms with Crippen LogP contribution in [0.5, 0.6) is 5.75 Å². The van der Waals surface area contributed by atoms with Crippen molar-refractivity contribution in [3.05, 3.63) is 77.6 Å². The number of pyridine rings is 1. The lowest BCUT2D eigenvalue weighted by molar-refractivity contribution is -0.126. The second kappa shape index (κ2) is 10.3. The number of benzene rings is 1. The largest absolute Gasteiger partial charge is 0.497 e. The molecule has 1 saturated heterocycles. The van der Waals surface area contributed by atoms with Crippen molar-refractivity contribution < 1.29 is 19.1 Å². The number of aromatic nitrogens is 3. The Balaban J connectivity index is 1.16. The Morgan fingerprint density at radius 1 is 1.11 bits per heavy atom. The number of methoxy groups -OCH3 is 1. The van der Waals surface area contributed by atoms with Gasteiger partial charge in [-0.25, -0.2) is 4.98 Å².